The van der Waals surface area contributed by atoms with Crippen molar-refractivity contribution < 1.29 is 4.74 Å². The van der Waals surface area contributed by atoms with Gasteiger partial charge in [0.05, 0.1) is 19.0 Å². The van der Waals surface area contributed by atoms with Crippen LogP contribution in [0.3, 0.4) is 0 Å². The van der Waals surface area contributed by atoms with E-state index in [1.807, 2.05) is 12.1 Å². The minimum absolute atomic E-state index is 0.182. The van der Waals surface area contributed by atoms with Gasteiger partial charge in [-0.1, -0.05) is 12.8 Å². The van der Waals surface area contributed by atoms with E-state index in [0.717, 1.165) is 11.5 Å². The summed E-state index contributed by atoms with van der Waals surface area (Å²) < 4.78 is 6.59. The van der Waals surface area contributed by atoms with Crippen molar-refractivity contribution >= 4 is 5.82 Å². The Morgan fingerprint density at radius 3 is 2.76 bits per heavy atom. The molecule has 1 aliphatic rings. The zero-order chi connectivity index (χ0) is 14.7. The molecule has 0 radical (unpaired) electrons. The molecule has 0 aliphatic heterocycles. The standard InChI is InChI=1S/C16H19N3O2/c1-21-14-7-4-10-19(16(14)20)13-8-9-15(17-11-13)18-12-5-2-3-6-12/h4,7-12H,2-3,5-6H2,1H3,(H,17,18). The van der Waals surface area contributed by atoms with Crippen molar-refractivity contribution in [1.82, 2.24) is 9.55 Å². The maximum atomic E-state index is 12.2. The largest absolute Gasteiger partial charge is 0.491 e. The van der Waals surface area contributed by atoms with Gasteiger partial charge in [-0.15, -0.1) is 0 Å². The number of nitrogens with zero attached hydrogens (tertiary/aromatic N) is 2. The lowest BCUT2D eigenvalue weighted by Gasteiger charge is -2.13. The molecule has 0 saturated heterocycles. The molecule has 21 heavy (non-hydrogen) atoms. The Morgan fingerprint density at radius 1 is 1.29 bits per heavy atom. The SMILES string of the molecule is COc1cccn(-c2ccc(NC3CCCC3)nc2)c1=O. The molecule has 5 heteroatoms. The number of anilines is 1. The lowest BCUT2D eigenvalue weighted by molar-refractivity contribution is 0.406. The Hall–Kier alpha value is -2.30. The number of hydrogen-bond acceptors (Lipinski definition) is 4. The highest BCUT2D eigenvalue weighted by Gasteiger charge is 2.14. The molecule has 1 saturated carbocycles. The Labute approximate surface area is 123 Å². The first-order valence-corrected chi connectivity index (χ1v) is 7.26. The van der Waals surface area contributed by atoms with E-state index in [0.29, 0.717) is 11.8 Å². The minimum atomic E-state index is -0.182. The second kappa shape index (κ2) is 5.99. The van der Waals surface area contributed by atoms with Crippen LogP contribution in [0.25, 0.3) is 5.69 Å². The van der Waals surface area contributed by atoms with Crippen LogP contribution in [0.4, 0.5) is 5.82 Å². The quantitative estimate of drug-likeness (QED) is 0.938. The fourth-order valence-corrected chi connectivity index (χ4v) is 2.73. The zero-order valence-corrected chi connectivity index (χ0v) is 12.1. The average molecular weight is 285 g/mol. The smallest absolute Gasteiger partial charge is 0.297 e. The minimum Gasteiger partial charge on any atom is -0.491 e. The van der Waals surface area contributed by atoms with Gasteiger partial charge in [0.15, 0.2) is 5.75 Å². The molecule has 110 valence electrons. The Kier molecular flexibility index (Phi) is 3.90. The number of hydrogen-bond donors (Lipinski definition) is 1. The van der Waals surface area contributed by atoms with Gasteiger partial charge >= 0.3 is 0 Å². The molecule has 0 amide bonds. The number of rotatable bonds is 4. The molecule has 0 aromatic carbocycles. The van der Waals surface area contributed by atoms with E-state index in [1.165, 1.54) is 37.4 Å². The Bertz CT molecular complexity index is 658. The van der Waals surface area contributed by atoms with Crippen molar-refractivity contribution in [3.63, 3.8) is 0 Å². The molecule has 2 aromatic rings. The van der Waals surface area contributed by atoms with Crippen molar-refractivity contribution in [2.24, 2.45) is 0 Å². The number of nitrogens with one attached hydrogen (secondary N) is 1. The predicted octanol–water partition coefficient (Wildman–Crippen LogP) is 2.60. The fourth-order valence-electron chi connectivity index (χ4n) is 2.73. The van der Waals surface area contributed by atoms with Crippen LogP contribution in [0.2, 0.25) is 0 Å². The first kappa shape index (κ1) is 13.7. The first-order valence-electron chi connectivity index (χ1n) is 7.26. The van der Waals surface area contributed by atoms with E-state index in [9.17, 15) is 4.79 Å². The number of ether oxygens (including phenoxy) is 1. The summed E-state index contributed by atoms with van der Waals surface area (Å²) >= 11 is 0. The molecule has 2 heterocycles. The van der Waals surface area contributed by atoms with Crippen LogP contribution in [0, 0.1) is 0 Å². The van der Waals surface area contributed by atoms with Crippen molar-refractivity contribution in [3.05, 3.63) is 47.0 Å². The maximum absolute atomic E-state index is 12.2. The number of aromatic nitrogens is 2. The molecule has 1 aliphatic carbocycles. The van der Waals surface area contributed by atoms with Gasteiger partial charge < -0.3 is 10.1 Å². The van der Waals surface area contributed by atoms with Crippen LogP contribution < -0.4 is 15.6 Å². The van der Waals surface area contributed by atoms with Gasteiger partial charge in [-0.3, -0.25) is 9.36 Å². The highest BCUT2D eigenvalue weighted by molar-refractivity contribution is 5.42. The topological polar surface area (TPSA) is 56.1 Å². The van der Waals surface area contributed by atoms with Crippen LogP contribution >= 0.6 is 0 Å². The molecule has 1 N–H and O–H groups in total. The molecule has 5 nitrogen and oxygen atoms in total. The molecule has 0 unspecified atom stereocenters. The third-order valence-corrected chi connectivity index (χ3v) is 3.87. The Morgan fingerprint density at radius 2 is 2.10 bits per heavy atom. The summed E-state index contributed by atoms with van der Waals surface area (Å²) in [5.41, 5.74) is 0.550. The summed E-state index contributed by atoms with van der Waals surface area (Å²) in [5.74, 6) is 1.19. The first-order chi connectivity index (χ1) is 10.3. The molecule has 2 aromatic heterocycles. The fraction of sp³-hybridized carbons (Fsp3) is 0.375. The van der Waals surface area contributed by atoms with E-state index in [-0.39, 0.29) is 5.56 Å². The molecule has 3 rings (SSSR count). The number of methoxy groups -OCH3 is 1. The second-order valence-corrected chi connectivity index (χ2v) is 5.28. The third kappa shape index (κ3) is 2.91. The van der Waals surface area contributed by atoms with Crippen molar-refractivity contribution in [2.45, 2.75) is 31.7 Å². The van der Waals surface area contributed by atoms with E-state index >= 15 is 0 Å². The predicted molar refractivity (Wildman–Crippen MR) is 82.3 cm³/mol. The molecular weight excluding hydrogens is 266 g/mol. The lowest BCUT2D eigenvalue weighted by Crippen LogP contribution is -2.19. The highest BCUT2D eigenvalue weighted by Crippen LogP contribution is 2.21. The van der Waals surface area contributed by atoms with Crippen LogP contribution in [0.15, 0.2) is 41.5 Å². The molecule has 0 bridgehead atoms. The van der Waals surface area contributed by atoms with Gasteiger partial charge in [0, 0.05) is 12.2 Å². The molecule has 0 atom stereocenters. The highest BCUT2D eigenvalue weighted by atomic mass is 16.5. The summed E-state index contributed by atoms with van der Waals surface area (Å²) in [6.45, 7) is 0. The van der Waals surface area contributed by atoms with E-state index < -0.39 is 0 Å². The van der Waals surface area contributed by atoms with E-state index in [2.05, 4.69) is 10.3 Å². The summed E-state index contributed by atoms with van der Waals surface area (Å²) in [6, 6.07) is 7.78. The maximum Gasteiger partial charge on any atom is 0.297 e. The Balaban J connectivity index is 1.82. The summed E-state index contributed by atoms with van der Waals surface area (Å²) in [5, 5.41) is 3.43. The molecule has 1 fully saturated rings. The monoisotopic (exact) mass is 285 g/mol. The van der Waals surface area contributed by atoms with Gasteiger partial charge in [0.25, 0.3) is 5.56 Å². The summed E-state index contributed by atoms with van der Waals surface area (Å²) in [7, 11) is 1.49. The van der Waals surface area contributed by atoms with E-state index in [1.54, 1.807) is 24.5 Å². The van der Waals surface area contributed by atoms with Crippen molar-refractivity contribution in [3.8, 4) is 11.4 Å². The van der Waals surface area contributed by atoms with Crippen LogP contribution in [-0.4, -0.2) is 22.7 Å². The van der Waals surface area contributed by atoms with Crippen LogP contribution in [0.1, 0.15) is 25.7 Å². The summed E-state index contributed by atoms with van der Waals surface area (Å²) in [4.78, 5) is 16.6. The third-order valence-electron chi connectivity index (χ3n) is 3.87. The van der Waals surface area contributed by atoms with Crippen molar-refractivity contribution in [1.29, 1.82) is 0 Å². The average Bonchev–Trinajstić information content (AvgIpc) is 3.01. The van der Waals surface area contributed by atoms with Gasteiger partial charge in [-0.25, -0.2) is 4.98 Å². The van der Waals surface area contributed by atoms with Crippen LogP contribution in [-0.2, 0) is 0 Å². The van der Waals surface area contributed by atoms with Gasteiger partial charge in [0.2, 0.25) is 0 Å². The zero-order valence-electron chi connectivity index (χ0n) is 12.1. The molecular formula is C16H19N3O2. The van der Waals surface area contributed by atoms with Gasteiger partial charge in [-0.05, 0) is 37.1 Å². The normalized spacial score (nSPS) is 15.1. The number of pyridine rings is 2. The second-order valence-electron chi connectivity index (χ2n) is 5.28. The lowest BCUT2D eigenvalue weighted by atomic mass is 10.2. The van der Waals surface area contributed by atoms with Gasteiger partial charge in [0.1, 0.15) is 5.82 Å². The summed E-state index contributed by atoms with van der Waals surface area (Å²) in [6.07, 6.45) is 8.41. The van der Waals surface area contributed by atoms with Gasteiger partial charge in [-0.2, -0.15) is 0 Å². The molecule has 0 spiro atoms. The van der Waals surface area contributed by atoms with Crippen molar-refractivity contribution in [2.75, 3.05) is 12.4 Å². The van der Waals surface area contributed by atoms with Crippen LogP contribution in [0.5, 0.6) is 5.75 Å². The van der Waals surface area contributed by atoms with E-state index in [4.69, 9.17) is 4.74 Å².